The number of nitrogens with one attached hydrogen (secondary N) is 1. The molecule has 3 aliphatic carbocycles. The molecule has 0 aliphatic heterocycles. The third-order valence-corrected chi connectivity index (χ3v) is 4.65. The molecule has 0 aromatic heterocycles. The van der Waals surface area contributed by atoms with Crippen molar-refractivity contribution in [3.63, 3.8) is 0 Å². The maximum absolute atomic E-state index is 3.90. The van der Waals surface area contributed by atoms with Gasteiger partial charge in [-0.1, -0.05) is 0 Å². The Morgan fingerprint density at radius 3 is 1.81 bits per heavy atom. The Kier molecular flexibility index (Phi) is 2.97. The molecule has 3 aliphatic rings. The van der Waals surface area contributed by atoms with E-state index in [4.69, 9.17) is 0 Å². The molecule has 0 bridgehead atoms. The maximum atomic E-state index is 3.90. The summed E-state index contributed by atoms with van der Waals surface area (Å²) < 4.78 is 0. The summed E-state index contributed by atoms with van der Waals surface area (Å²) in [4.78, 5) is 2.43. The largest absolute Gasteiger partial charge is 0.312 e. The third kappa shape index (κ3) is 2.60. The summed E-state index contributed by atoms with van der Waals surface area (Å²) in [5.74, 6) is 3.06. The number of hydrogen-bond donors (Lipinski definition) is 1. The Hall–Kier alpha value is -0.0800. The second-order valence-electron chi connectivity index (χ2n) is 6.48. The molecule has 3 rings (SSSR count). The Morgan fingerprint density at radius 1 is 0.938 bits per heavy atom. The predicted molar refractivity (Wildman–Crippen MR) is 67.4 cm³/mol. The molecule has 16 heavy (non-hydrogen) atoms. The van der Waals surface area contributed by atoms with Gasteiger partial charge in [0.2, 0.25) is 0 Å². The Bertz CT molecular complexity index is 203. The second kappa shape index (κ2) is 4.30. The fourth-order valence-electron chi connectivity index (χ4n) is 3.14. The molecule has 3 fully saturated rings. The first-order valence-corrected chi connectivity index (χ1v) is 7.15. The molecule has 3 saturated carbocycles. The lowest BCUT2D eigenvalue weighted by Gasteiger charge is -2.27. The van der Waals surface area contributed by atoms with E-state index >= 15 is 0 Å². The van der Waals surface area contributed by atoms with Gasteiger partial charge in [0.25, 0.3) is 0 Å². The first-order valence-electron chi connectivity index (χ1n) is 7.15. The van der Waals surface area contributed by atoms with Crippen molar-refractivity contribution < 1.29 is 0 Å². The van der Waals surface area contributed by atoms with Crippen LogP contribution in [-0.2, 0) is 0 Å². The molecular weight excluding hydrogens is 196 g/mol. The quantitative estimate of drug-likeness (QED) is 0.710. The molecule has 0 amide bonds. The van der Waals surface area contributed by atoms with E-state index in [0.29, 0.717) is 0 Å². The van der Waals surface area contributed by atoms with Crippen LogP contribution >= 0.6 is 0 Å². The zero-order valence-electron chi connectivity index (χ0n) is 10.8. The van der Waals surface area contributed by atoms with Gasteiger partial charge in [-0.2, -0.15) is 0 Å². The van der Waals surface area contributed by atoms with Crippen molar-refractivity contribution in [2.24, 2.45) is 17.8 Å². The van der Waals surface area contributed by atoms with Crippen LogP contribution in [0.15, 0.2) is 0 Å². The topological polar surface area (TPSA) is 15.3 Å². The van der Waals surface area contributed by atoms with Crippen molar-refractivity contribution in [1.29, 1.82) is 0 Å². The molecule has 0 heterocycles. The molecule has 1 N–H and O–H groups in total. The van der Waals surface area contributed by atoms with Crippen LogP contribution in [0.3, 0.4) is 0 Å². The standard InChI is InChI=1S/C14H26N2/c1-16(2)13(10-3-4-10)9-15-14(11-5-6-11)12-7-8-12/h10-15H,3-9H2,1-2H3. The van der Waals surface area contributed by atoms with Crippen LogP contribution in [0, 0.1) is 17.8 Å². The van der Waals surface area contributed by atoms with Crippen LogP contribution in [0.2, 0.25) is 0 Å². The molecule has 92 valence electrons. The highest BCUT2D eigenvalue weighted by Crippen LogP contribution is 2.44. The highest BCUT2D eigenvalue weighted by Gasteiger charge is 2.42. The normalized spacial score (nSPS) is 27.8. The van der Waals surface area contributed by atoms with Gasteiger partial charge >= 0.3 is 0 Å². The summed E-state index contributed by atoms with van der Waals surface area (Å²) >= 11 is 0. The van der Waals surface area contributed by atoms with E-state index in [1.807, 2.05) is 0 Å². The van der Waals surface area contributed by atoms with Crippen LogP contribution < -0.4 is 5.32 Å². The van der Waals surface area contributed by atoms with Crippen LogP contribution in [0.4, 0.5) is 0 Å². The summed E-state index contributed by atoms with van der Waals surface area (Å²) in [7, 11) is 4.49. The number of rotatable bonds is 7. The molecule has 0 saturated heterocycles. The van der Waals surface area contributed by atoms with Crippen molar-refractivity contribution in [2.75, 3.05) is 20.6 Å². The summed E-state index contributed by atoms with van der Waals surface area (Å²) in [5, 5.41) is 3.90. The van der Waals surface area contributed by atoms with Gasteiger partial charge in [-0.15, -0.1) is 0 Å². The lowest BCUT2D eigenvalue weighted by atomic mass is 10.1. The Morgan fingerprint density at radius 2 is 1.44 bits per heavy atom. The molecule has 0 aromatic rings. The minimum atomic E-state index is 0.792. The van der Waals surface area contributed by atoms with E-state index in [1.54, 1.807) is 0 Å². The van der Waals surface area contributed by atoms with E-state index in [-0.39, 0.29) is 0 Å². The first kappa shape index (κ1) is 11.0. The third-order valence-electron chi connectivity index (χ3n) is 4.65. The van der Waals surface area contributed by atoms with E-state index in [1.165, 1.54) is 45.1 Å². The van der Waals surface area contributed by atoms with Gasteiger partial charge in [0, 0.05) is 18.6 Å². The molecule has 2 nitrogen and oxygen atoms in total. The van der Waals surface area contributed by atoms with Gasteiger partial charge in [0.1, 0.15) is 0 Å². The average Bonchev–Trinajstić information content (AvgIpc) is 3.13. The van der Waals surface area contributed by atoms with Gasteiger partial charge in [0.05, 0.1) is 0 Å². The summed E-state index contributed by atoms with van der Waals surface area (Å²) in [6.07, 6.45) is 8.88. The predicted octanol–water partition coefficient (Wildman–Crippen LogP) is 2.10. The highest BCUT2D eigenvalue weighted by atomic mass is 15.1. The van der Waals surface area contributed by atoms with E-state index in [2.05, 4.69) is 24.3 Å². The zero-order chi connectivity index (χ0) is 11.1. The monoisotopic (exact) mass is 222 g/mol. The van der Waals surface area contributed by atoms with Crippen LogP contribution in [0.5, 0.6) is 0 Å². The van der Waals surface area contributed by atoms with Crippen molar-refractivity contribution in [2.45, 2.75) is 50.6 Å². The van der Waals surface area contributed by atoms with Crippen LogP contribution in [-0.4, -0.2) is 37.6 Å². The molecule has 1 unspecified atom stereocenters. The van der Waals surface area contributed by atoms with Crippen molar-refractivity contribution >= 4 is 0 Å². The summed E-state index contributed by atoms with van der Waals surface area (Å²) in [6, 6.07) is 1.67. The lowest BCUT2D eigenvalue weighted by molar-refractivity contribution is 0.240. The fraction of sp³-hybridized carbons (Fsp3) is 1.00. The van der Waals surface area contributed by atoms with E-state index < -0.39 is 0 Å². The van der Waals surface area contributed by atoms with Crippen molar-refractivity contribution in [3.8, 4) is 0 Å². The number of nitrogens with zero attached hydrogens (tertiary/aromatic N) is 1. The van der Waals surface area contributed by atoms with Crippen LogP contribution in [0.25, 0.3) is 0 Å². The van der Waals surface area contributed by atoms with Crippen molar-refractivity contribution in [1.82, 2.24) is 10.2 Å². The highest BCUT2D eigenvalue weighted by molar-refractivity contribution is 4.98. The number of likely N-dealkylation sites (N-methyl/N-ethyl adjacent to an activating group) is 1. The van der Waals surface area contributed by atoms with Gasteiger partial charge in [0.15, 0.2) is 0 Å². The fourth-order valence-corrected chi connectivity index (χ4v) is 3.14. The SMILES string of the molecule is CN(C)C(CNC(C1CC1)C1CC1)C1CC1. The maximum Gasteiger partial charge on any atom is 0.0242 e. The van der Waals surface area contributed by atoms with E-state index in [9.17, 15) is 0 Å². The average molecular weight is 222 g/mol. The molecule has 1 atom stereocenters. The number of hydrogen-bond acceptors (Lipinski definition) is 2. The Balaban J connectivity index is 1.48. The molecule has 0 spiro atoms. The van der Waals surface area contributed by atoms with Crippen molar-refractivity contribution in [3.05, 3.63) is 0 Å². The minimum Gasteiger partial charge on any atom is -0.312 e. The molecule has 0 aromatic carbocycles. The van der Waals surface area contributed by atoms with Gasteiger partial charge in [-0.25, -0.2) is 0 Å². The van der Waals surface area contributed by atoms with Gasteiger partial charge in [-0.05, 0) is 70.4 Å². The van der Waals surface area contributed by atoms with Crippen LogP contribution in [0.1, 0.15) is 38.5 Å². The summed E-state index contributed by atoms with van der Waals surface area (Å²) in [6.45, 7) is 1.23. The molecule has 2 heteroatoms. The first-order chi connectivity index (χ1) is 7.75. The van der Waals surface area contributed by atoms with E-state index in [0.717, 1.165) is 29.8 Å². The smallest absolute Gasteiger partial charge is 0.0242 e. The second-order valence-corrected chi connectivity index (χ2v) is 6.48. The molecular formula is C14H26N2. The summed E-state index contributed by atoms with van der Waals surface area (Å²) in [5.41, 5.74) is 0. The zero-order valence-corrected chi connectivity index (χ0v) is 10.8. The minimum absolute atomic E-state index is 0.792. The Labute approximate surface area is 99.8 Å². The van der Waals surface area contributed by atoms with Gasteiger partial charge in [-0.3, -0.25) is 0 Å². The lowest BCUT2D eigenvalue weighted by Crippen LogP contribution is -2.44. The van der Waals surface area contributed by atoms with Gasteiger partial charge < -0.3 is 10.2 Å². The molecule has 0 radical (unpaired) electrons.